The molecule has 9 heteroatoms. The van der Waals surface area contributed by atoms with Gasteiger partial charge in [-0.15, -0.1) is 0 Å². The molecule has 37 heavy (non-hydrogen) atoms. The Balaban J connectivity index is 1.77. The average molecular weight is 507 g/mol. The second-order valence-corrected chi connectivity index (χ2v) is 9.76. The Kier molecular flexibility index (Phi) is 9.64. The topological polar surface area (TPSA) is 110 Å². The highest BCUT2D eigenvalue weighted by molar-refractivity contribution is 5.93. The van der Waals surface area contributed by atoms with E-state index >= 15 is 0 Å². The monoisotopic (exact) mass is 506 g/mol. The number of anilines is 2. The molecule has 3 rings (SSSR count). The molecule has 0 saturated carbocycles. The lowest BCUT2D eigenvalue weighted by atomic mass is 9.99. The Hall–Kier alpha value is -3.90. The van der Waals surface area contributed by atoms with Crippen molar-refractivity contribution >= 4 is 29.8 Å². The standard InChI is InChI=1S/C28H34N4O5/c1-28(2,3)37-27(35)32(4)22(19-33)18-29-25-13-12-24(31-26(34)21-14-16-36-17-15-21)23(30-25)11-10-20-8-6-5-7-9-20/h5-9,12-13,19,21-22H,14-18H2,1-4H3,(H,29,30)(H,31,34). The quantitative estimate of drug-likeness (QED) is 0.435. The van der Waals surface area contributed by atoms with Crippen molar-refractivity contribution in [2.24, 2.45) is 5.92 Å². The Morgan fingerprint density at radius 1 is 1.16 bits per heavy atom. The number of aromatic nitrogens is 1. The van der Waals surface area contributed by atoms with Crippen LogP contribution in [0.2, 0.25) is 0 Å². The number of hydrogen-bond acceptors (Lipinski definition) is 7. The number of aldehydes is 1. The summed E-state index contributed by atoms with van der Waals surface area (Å²) < 4.78 is 10.7. The van der Waals surface area contributed by atoms with Crippen molar-refractivity contribution in [1.82, 2.24) is 9.88 Å². The number of carbonyl (C=O) groups is 3. The molecule has 1 aliphatic heterocycles. The number of rotatable bonds is 7. The number of carbonyl (C=O) groups excluding carboxylic acids is 3. The second kappa shape index (κ2) is 12.9. The predicted octanol–water partition coefficient (Wildman–Crippen LogP) is 3.69. The zero-order chi connectivity index (χ0) is 26.8. The van der Waals surface area contributed by atoms with Crippen LogP contribution < -0.4 is 10.6 Å². The van der Waals surface area contributed by atoms with Crippen LogP contribution in [0, 0.1) is 17.8 Å². The van der Waals surface area contributed by atoms with E-state index in [0.29, 0.717) is 49.5 Å². The molecule has 0 aliphatic carbocycles. The van der Waals surface area contributed by atoms with Crippen LogP contribution >= 0.6 is 0 Å². The highest BCUT2D eigenvalue weighted by Crippen LogP contribution is 2.21. The maximum Gasteiger partial charge on any atom is 0.410 e. The molecular formula is C28H34N4O5. The maximum absolute atomic E-state index is 12.8. The lowest BCUT2D eigenvalue weighted by molar-refractivity contribution is -0.122. The first kappa shape index (κ1) is 27.7. The molecule has 1 fully saturated rings. The maximum atomic E-state index is 12.8. The number of pyridine rings is 1. The van der Waals surface area contributed by atoms with Crippen molar-refractivity contribution in [3.63, 3.8) is 0 Å². The number of hydrogen-bond donors (Lipinski definition) is 2. The molecule has 1 saturated heterocycles. The fraction of sp³-hybridized carbons (Fsp3) is 0.429. The second-order valence-electron chi connectivity index (χ2n) is 9.76. The van der Waals surface area contributed by atoms with Gasteiger partial charge in [-0.2, -0.15) is 0 Å². The van der Waals surface area contributed by atoms with Gasteiger partial charge in [-0.1, -0.05) is 24.1 Å². The van der Waals surface area contributed by atoms with Gasteiger partial charge in [0.1, 0.15) is 29.4 Å². The van der Waals surface area contributed by atoms with E-state index in [1.54, 1.807) is 32.9 Å². The summed E-state index contributed by atoms with van der Waals surface area (Å²) in [6.45, 7) is 6.53. The van der Waals surface area contributed by atoms with Gasteiger partial charge in [0.05, 0.1) is 5.69 Å². The lowest BCUT2D eigenvalue weighted by Crippen LogP contribution is -2.44. The normalized spacial score (nSPS) is 14.5. The largest absolute Gasteiger partial charge is 0.444 e. The van der Waals surface area contributed by atoms with Crippen LogP contribution in [0.3, 0.4) is 0 Å². The Morgan fingerprint density at radius 2 is 1.86 bits per heavy atom. The Bertz CT molecular complexity index is 1140. The van der Waals surface area contributed by atoms with Gasteiger partial charge in [0, 0.05) is 38.3 Å². The molecule has 196 valence electrons. The van der Waals surface area contributed by atoms with Crippen LogP contribution in [0.15, 0.2) is 42.5 Å². The summed E-state index contributed by atoms with van der Waals surface area (Å²) >= 11 is 0. The fourth-order valence-corrected chi connectivity index (χ4v) is 3.56. The number of likely N-dealkylation sites (N-methyl/N-ethyl adjacent to an activating group) is 1. The predicted molar refractivity (Wildman–Crippen MR) is 141 cm³/mol. The molecule has 2 amide bonds. The van der Waals surface area contributed by atoms with E-state index in [-0.39, 0.29) is 18.4 Å². The Labute approximate surface area is 217 Å². The zero-order valence-corrected chi connectivity index (χ0v) is 21.7. The van der Waals surface area contributed by atoms with E-state index in [4.69, 9.17) is 9.47 Å². The van der Waals surface area contributed by atoms with E-state index in [1.165, 1.54) is 11.9 Å². The van der Waals surface area contributed by atoms with Crippen molar-refractivity contribution in [3.05, 3.63) is 53.7 Å². The number of benzene rings is 1. The number of nitrogens with one attached hydrogen (secondary N) is 2. The van der Waals surface area contributed by atoms with Gasteiger partial charge in [-0.05, 0) is 63.8 Å². The molecule has 1 atom stereocenters. The summed E-state index contributed by atoms with van der Waals surface area (Å²) in [6, 6.07) is 12.1. The third kappa shape index (κ3) is 8.62. The number of nitrogens with zero attached hydrogens (tertiary/aromatic N) is 2. The van der Waals surface area contributed by atoms with Gasteiger partial charge in [0.2, 0.25) is 5.91 Å². The summed E-state index contributed by atoms with van der Waals surface area (Å²) in [6.07, 6.45) is 1.42. The SMILES string of the molecule is CN(C(=O)OC(C)(C)C)C(C=O)CNc1ccc(NC(=O)C2CCOCC2)c(C#Cc2ccccc2)n1. The van der Waals surface area contributed by atoms with Gasteiger partial charge in [0.15, 0.2) is 0 Å². The van der Waals surface area contributed by atoms with E-state index in [9.17, 15) is 14.4 Å². The fourth-order valence-electron chi connectivity index (χ4n) is 3.56. The van der Waals surface area contributed by atoms with Crippen molar-refractivity contribution < 1.29 is 23.9 Å². The summed E-state index contributed by atoms with van der Waals surface area (Å²) in [5, 5.41) is 6.05. The summed E-state index contributed by atoms with van der Waals surface area (Å²) in [7, 11) is 1.51. The van der Waals surface area contributed by atoms with E-state index in [2.05, 4.69) is 27.5 Å². The average Bonchev–Trinajstić information content (AvgIpc) is 2.88. The van der Waals surface area contributed by atoms with Crippen molar-refractivity contribution in [1.29, 1.82) is 0 Å². The minimum absolute atomic E-state index is 0.0893. The van der Waals surface area contributed by atoms with Crippen molar-refractivity contribution in [2.75, 3.05) is 37.4 Å². The van der Waals surface area contributed by atoms with Gasteiger partial charge in [-0.25, -0.2) is 9.78 Å². The van der Waals surface area contributed by atoms with Crippen molar-refractivity contribution in [3.8, 4) is 11.8 Å². The molecule has 9 nitrogen and oxygen atoms in total. The Morgan fingerprint density at radius 3 is 2.51 bits per heavy atom. The molecule has 1 unspecified atom stereocenters. The summed E-state index contributed by atoms with van der Waals surface area (Å²) in [4.78, 5) is 42.7. The highest BCUT2D eigenvalue weighted by Gasteiger charge is 2.25. The van der Waals surface area contributed by atoms with Crippen molar-refractivity contribution in [2.45, 2.75) is 45.3 Å². The van der Waals surface area contributed by atoms with Crippen LogP contribution in [0.25, 0.3) is 0 Å². The summed E-state index contributed by atoms with van der Waals surface area (Å²) in [5.41, 5.74) is 1.02. The van der Waals surface area contributed by atoms with Gasteiger partial charge >= 0.3 is 6.09 Å². The minimum atomic E-state index is -0.775. The molecular weight excluding hydrogens is 472 g/mol. The molecule has 2 aromatic rings. The zero-order valence-electron chi connectivity index (χ0n) is 21.7. The summed E-state index contributed by atoms with van der Waals surface area (Å²) in [5.74, 6) is 6.36. The highest BCUT2D eigenvalue weighted by atomic mass is 16.6. The van der Waals surface area contributed by atoms with E-state index < -0.39 is 17.7 Å². The van der Waals surface area contributed by atoms with Crippen LogP contribution in [-0.4, -0.2) is 66.6 Å². The minimum Gasteiger partial charge on any atom is -0.444 e. The van der Waals surface area contributed by atoms with Crippen LogP contribution in [-0.2, 0) is 19.1 Å². The van der Waals surface area contributed by atoms with Gasteiger partial charge in [0.25, 0.3) is 0 Å². The first-order valence-corrected chi connectivity index (χ1v) is 12.3. The third-order valence-electron chi connectivity index (χ3n) is 5.67. The van der Waals surface area contributed by atoms with E-state index in [0.717, 1.165) is 5.56 Å². The molecule has 2 N–H and O–H groups in total. The first-order chi connectivity index (χ1) is 17.7. The van der Waals surface area contributed by atoms with Gasteiger partial charge < -0.3 is 24.9 Å². The van der Waals surface area contributed by atoms with E-state index in [1.807, 2.05) is 30.3 Å². The molecule has 2 heterocycles. The number of amides is 2. The molecule has 0 radical (unpaired) electrons. The number of ether oxygens (including phenoxy) is 2. The lowest BCUT2D eigenvalue weighted by Gasteiger charge is -2.28. The molecule has 0 spiro atoms. The van der Waals surface area contributed by atoms with Crippen LogP contribution in [0.1, 0.15) is 44.9 Å². The van der Waals surface area contributed by atoms with Gasteiger partial charge in [-0.3, -0.25) is 9.69 Å². The smallest absolute Gasteiger partial charge is 0.410 e. The molecule has 1 aromatic carbocycles. The molecule has 1 aromatic heterocycles. The first-order valence-electron chi connectivity index (χ1n) is 12.3. The molecule has 1 aliphatic rings. The molecule has 0 bridgehead atoms. The van der Waals surface area contributed by atoms with Crippen LogP contribution in [0.5, 0.6) is 0 Å². The third-order valence-corrected chi connectivity index (χ3v) is 5.67. The van der Waals surface area contributed by atoms with Crippen LogP contribution in [0.4, 0.5) is 16.3 Å².